The van der Waals surface area contributed by atoms with Gasteiger partial charge in [-0.3, -0.25) is 4.90 Å². The molecule has 2 N–H and O–H groups in total. The summed E-state index contributed by atoms with van der Waals surface area (Å²) in [6.07, 6.45) is 6.92. The molecule has 3 aromatic heterocycles. The van der Waals surface area contributed by atoms with Crippen molar-refractivity contribution >= 4 is 29.1 Å². The number of aryl methyl sites for hydroxylation is 2. The van der Waals surface area contributed by atoms with Gasteiger partial charge in [-0.05, 0) is 106 Å². The predicted octanol–water partition coefficient (Wildman–Crippen LogP) is 7.70. The van der Waals surface area contributed by atoms with Gasteiger partial charge >= 0.3 is 0 Å². The lowest BCUT2D eigenvalue weighted by molar-refractivity contribution is 0.00554. The highest BCUT2D eigenvalue weighted by atomic mass is 19.1. The molecule has 2 aliphatic rings. The maximum Gasteiger partial charge on any atom is 0.248 e. The molecule has 2 saturated heterocycles. The highest BCUT2D eigenvalue weighted by Crippen LogP contribution is 2.26. The number of halogens is 4. The van der Waals surface area contributed by atoms with Crippen LogP contribution in [0.2, 0.25) is 0 Å². The van der Waals surface area contributed by atoms with Crippen LogP contribution in [-0.4, -0.2) is 105 Å². The zero-order valence-corrected chi connectivity index (χ0v) is 34.3. The zero-order valence-electron chi connectivity index (χ0n) is 34.3. The number of benzene rings is 3. The minimum absolute atomic E-state index is 0.0175. The molecule has 61 heavy (non-hydrogen) atoms. The lowest BCUT2D eigenvalue weighted by atomic mass is 10.1. The molecule has 0 spiro atoms. The summed E-state index contributed by atoms with van der Waals surface area (Å²) >= 11 is 0. The molecule has 0 saturated carbocycles. The molecule has 0 radical (unpaired) electrons. The molecule has 2 fully saturated rings. The number of piperazine rings is 1. The summed E-state index contributed by atoms with van der Waals surface area (Å²) < 4.78 is 72.9. The molecule has 0 amide bonds. The van der Waals surface area contributed by atoms with E-state index in [0.717, 1.165) is 106 Å². The Labute approximate surface area is 351 Å². The van der Waals surface area contributed by atoms with E-state index in [-0.39, 0.29) is 23.4 Å². The molecule has 3 aromatic carbocycles. The van der Waals surface area contributed by atoms with Crippen LogP contribution in [0.15, 0.2) is 79.4 Å². The number of anilines is 5. The van der Waals surface area contributed by atoms with E-state index >= 15 is 0 Å². The first-order valence-corrected chi connectivity index (χ1v) is 20.2. The first-order valence-electron chi connectivity index (χ1n) is 20.2. The summed E-state index contributed by atoms with van der Waals surface area (Å²) in [5, 5.41) is 14.7. The van der Waals surface area contributed by atoms with Crippen molar-refractivity contribution in [3.8, 4) is 17.3 Å². The normalized spacial score (nSPS) is 15.6. The molecule has 14 nitrogen and oxygen atoms in total. The maximum absolute atomic E-state index is 13.5. The molecule has 18 heteroatoms. The van der Waals surface area contributed by atoms with E-state index < -0.39 is 23.3 Å². The van der Waals surface area contributed by atoms with Crippen molar-refractivity contribution in [3.63, 3.8) is 0 Å². The van der Waals surface area contributed by atoms with Crippen molar-refractivity contribution in [3.05, 3.63) is 114 Å². The second-order valence-electron chi connectivity index (χ2n) is 14.9. The molecular formula is C43H49F4N11O3. The van der Waals surface area contributed by atoms with Gasteiger partial charge in [0.05, 0.1) is 18.0 Å². The van der Waals surface area contributed by atoms with Crippen molar-refractivity contribution in [1.82, 2.24) is 39.4 Å². The van der Waals surface area contributed by atoms with Crippen LogP contribution < -0.4 is 20.3 Å². The number of rotatable bonds is 14. The number of unbranched alkanes of at least 4 members (excludes halogenated alkanes) is 1. The van der Waals surface area contributed by atoms with Gasteiger partial charge in [0, 0.05) is 76.1 Å². The average molecular weight is 844 g/mol. The average Bonchev–Trinajstić information content (AvgIpc) is 3.89. The Bertz CT molecular complexity index is 2320. The predicted molar refractivity (Wildman–Crippen MR) is 224 cm³/mol. The van der Waals surface area contributed by atoms with Gasteiger partial charge in [-0.1, -0.05) is 0 Å². The van der Waals surface area contributed by atoms with Gasteiger partial charge in [0.2, 0.25) is 17.8 Å². The van der Waals surface area contributed by atoms with Crippen LogP contribution in [-0.2, 0) is 9.47 Å². The fraction of sp³-hybridized carbons (Fsp3) is 0.372. The monoisotopic (exact) mass is 843 g/mol. The Morgan fingerprint density at radius 3 is 1.93 bits per heavy atom. The lowest BCUT2D eigenvalue weighted by Gasteiger charge is -2.36. The smallest absolute Gasteiger partial charge is 0.248 e. The first-order chi connectivity index (χ1) is 29.5. The van der Waals surface area contributed by atoms with Crippen molar-refractivity contribution < 1.29 is 31.8 Å². The molecule has 0 bridgehead atoms. The summed E-state index contributed by atoms with van der Waals surface area (Å²) in [6, 6.07) is 16.4. The minimum atomic E-state index is -0.686. The fourth-order valence-corrected chi connectivity index (χ4v) is 7.04. The van der Waals surface area contributed by atoms with Crippen molar-refractivity contribution in [2.75, 3.05) is 75.2 Å². The topological polar surface area (TPSA) is 133 Å². The van der Waals surface area contributed by atoms with Gasteiger partial charge in [-0.2, -0.15) is 15.0 Å². The molecular weight excluding hydrogens is 795 g/mol. The maximum atomic E-state index is 13.5. The molecule has 0 aliphatic carbocycles. The molecule has 2 aliphatic heterocycles. The third-order valence-corrected chi connectivity index (χ3v) is 9.93. The SMILES string of the molecule is COCCCCN1CCN(c2cc(C)cc(Nc3ncn(-c4cc(F)cc(F)c4)n3)c2)CC1.Cc1cc(Nc2ncn(-c3cc(F)cc(F)c3)n2)nc(OC2CCCOC2)c1. The number of aromatic nitrogens is 7. The third-order valence-electron chi connectivity index (χ3n) is 9.93. The van der Waals surface area contributed by atoms with Crippen molar-refractivity contribution in [1.29, 1.82) is 0 Å². The number of nitrogens with one attached hydrogen (secondary N) is 2. The number of nitrogens with zero attached hydrogens (tertiary/aromatic N) is 9. The quantitative estimate of drug-likeness (QED) is 0.0823. The standard InChI is InChI=1S/C24H30F2N6O.C19H19F2N5O2/c1-18-11-21(28-24-27-17-32(29-24)23-14-19(25)13-20(26)15-23)16-22(12-18)31-8-6-30(7-9-31)5-3-4-10-33-2;1-12-5-17(23-18(6-12)28-16-3-2-4-27-10-16)24-19-22-11-26(25-19)15-8-13(20)7-14(21)9-15/h11-17H,3-10H2,1-2H3,(H,28,29);5-9,11,16H,2-4,10H2,1H3,(H,23,24,25). The summed E-state index contributed by atoms with van der Waals surface area (Å²) in [4.78, 5) is 17.7. The second-order valence-corrected chi connectivity index (χ2v) is 14.9. The Morgan fingerprint density at radius 2 is 1.33 bits per heavy atom. The molecule has 322 valence electrons. The van der Waals surface area contributed by atoms with Crippen LogP contribution in [0.3, 0.4) is 0 Å². The number of methoxy groups -OCH3 is 1. The molecule has 8 rings (SSSR count). The second kappa shape index (κ2) is 20.4. The number of ether oxygens (including phenoxy) is 3. The zero-order chi connectivity index (χ0) is 42.7. The molecule has 6 aromatic rings. The number of hydrogen-bond acceptors (Lipinski definition) is 12. The Balaban J connectivity index is 0.000000186. The van der Waals surface area contributed by atoms with Gasteiger partial charge in [0.1, 0.15) is 47.8 Å². The van der Waals surface area contributed by atoms with Crippen molar-refractivity contribution in [2.45, 2.75) is 45.6 Å². The van der Waals surface area contributed by atoms with E-state index in [0.29, 0.717) is 24.3 Å². The van der Waals surface area contributed by atoms with Crippen LogP contribution in [0, 0.1) is 37.1 Å². The van der Waals surface area contributed by atoms with Crippen LogP contribution in [0.4, 0.5) is 46.7 Å². The van der Waals surface area contributed by atoms with Crippen LogP contribution >= 0.6 is 0 Å². The molecule has 1 atom stereocenters. The Hall–Kier alpha value is -6.11. The summed E-state index contributed by atoms with van der Waals surface area (Å²) in [5.74, 6) is -1.09. The molecule has 5 heterocycles. The Morgan fingerprint density at radius 1 is 0.705 bits per heavy atom. The number of pyridine rings is 1. The van der Waals surface area contributed by atoms with Crippen LogP contribution in [0.25, 0.3) is 11.4 Å². The van der Waals surface area contributed by atoms with E-state index in [9.17, 15) is 17.6 Å². The van der Waals surface area contributed by atoms with Gasteiger partial charge in [0.15, 0.2) is 0 Å². The van der Waals surface area contributed by atoms with E-state index in [1.54, 1.807) is 7.11 Å². The van der Waals surface area contributed by atoms with E-state index in [1.807, 2.05) is 25.1 Å². The van der Waals surface area contributed by atoms with Crippen LogP contribution in [0.1, 0.15) is 36.8 Å². The van der Waals surface area contributed by atoms with Crippen LogP contribution in [0.5, 0.6) is 5.88 Å². The van der Waals surface area contributed by atoms with E-state index in [2.05, 4.69) is 64.6 Å². The van der Waals surface area contributed by atoms with Gasteiger partial charge in [-0.15, -0.1) is 10.2 Å². The molecule has 1 unspecified atom stereocenters. The van der Waals surface area contributed by atoms with Gasteiger partial charge in [0.25, 0.3) is 0 Å². The Kier molecular flexibility index (Phi) is 14.4. The third kappa shape index (κ3) is 12.5. The highest BCUT2D eigenvalue weighted by Gasteiger charge is 2.19. The van der Waals surface area contributed by atoms with Crippen molar-refractivity contribution in [2.24, 2.45) is 0 Å². The fourth-order valence-electron chi connectivity index (χ4n) is 7.04. The van der Waals surface area contributed by atoms with Gasteiger partial charge < -0.3 is 29.7 Å². The van der Waals surface area contributed by atoms with E-state index in [1.165, 1.54) is 46.3 Å². The number of hydrogen-bond donors (Lipinski definition) is 2. The largest absolute Gasteiger partial charge is 0.472 e. The minimum Gasteiger partial charge on any atom is -0.472 e. The van der Waals surface area contributed by atoms with E-state index in [4.69, 9.17) is 14.2 Å². The summed E-state index contributed by atoms with van der Waals surface area (Å²) in [6.45, 7) is 11.3. The summed E-state index contributed by atoms with van der Waals surface area (Å²) in [7, 11) is 1.75. The first kappa shape index (κ1) is 43.0. The highest BCUT2D eigenvalue weighted by molar-refractivity contribution is 5.64. The summed E-state index contributed by atoms with van der Waals surface area (Å²) in [5.41, 5.74) is 4.62. The lowest BCUT2D eigenvalue weighted by Crippen LogP contribution is -2.46. The van der Waals surface area contributed by atoms with Gasteiger partial charge in [-0.25, -0.2) is 26.9 Å².